The summed E-state index contributed by atoms with van der Waals surface area (Å²) in [7, 11) is -4.12. The van der Waals surface area contributed by atoms with Gasteiger partial charge in [0.2, 0.25) is 10.0 Å². The first-order valence-corrected chi connectivity index (χ1v) is 9.48. The number of aliphatic carboxylic acids is 1. The number of carboxylic acids is 1. The maximum absolute atomic E-state index is 13.4. The van der Waals surface area contributed by atoms with E-state index in [9.17, 15) is 35.9 Å². The van der Waals surface area contributed by atoms with Gasteiger partial charge < -0.3 is 9.84 Å². The molecule has 1 aliphatic heterocycles. The molecule has 2 rings (SSSR count). The molecule has 0 aromatic heterocycles. The van der Waals surface area contributed by atoms with E-state index in [1.165, 1.54) is 0 Å². The number of alkyl halides is 3. The summed E-state index contributed by atoms with van der Waals surface area (Å²) in [5.41, 5.74) is -0.432. The molecule has 1 aliphatic rings. The zero-order valence-electron chi connectivity index (χ0n) is 13.9. The Labute approximate surface area is 153 Å². The largest absolute Gasteiger partial charge is 0.480 e. The van der Waals surface area contributed by atoms with Gasteiger partial charge in [0.05, 0.1) is 19.0 Å². The van der Waals surface area contributed by atoms with Crippen LogP contribution in [0.2, 0.25) is 0 Å². The first kappa shape index (κ1) is 21.5. The van der Waals surface area contributed by atoms with E-state index >= 15 is 0 Å². The van der Waals surface area contributed by atoms with Crippen LogP contribution in [0.5, 0.6) is 0 Å². The molecule has 0 radical (unpaired) electrons. The van der Waals surface area contributed by atoms with Crippen LogP contribution in [0.3, 0.4) is 0 Å². The molecule has 1 unspecified atom stereocenters. The van der Waals surface area contributed by atoms with Crippen LogP contribution in [0.1, 0.15) is 11.6 Å². The van der Waals surface area contributed by atoms with Gasteiger partial charge in [-0.25, -0.2) is 12.8 Å². The molecule has 0 saturated carbocycles. The van der Waals surface area contributed by atoms with Crippen molar-refractivity contribution in [3.05, 3.63) is 35.6 Å². The molecule has 12 heteroatoms. The summed E-state index contributed by atoms with van der Waals surface area (Å²) in [5, 5.41) is 11.1. The monoisotopic (exact) mass is 414 g/mol. The van der Waals surface area contributed by atoms with E-state index in [4.69, 9.17) is 4.74 Å². The zero-order valence-corrected chi connectivity index (χ0v) is 14.8. The number of carbonyl (C=O) groups is 1. The summed E-state index contributed by atoms with van der Waals surface area (Å²) < 4.78 is 83.8. The highest BCUT2D eigenvalue weighted by molar-refractivity contribution is 7.89. The lowest BCUT2D eigenvalue weighted by Gasteiger charge is -2.29. The van der Waals surface area contributed by atoms with E-state index in [2.05, 4.69) is 0 Å². The summed E-state index contributed by atoms with van der Waals surface area (Å²) in [6, 6.07) is -1.17. The van der Waals surface area contributed by atoms with Crippen molar-refractivity contribution in [1.82, 2.24) is 9.62 Å². The Bertz CT molecular complexity index is 748. The van der Waals surface area contributed by atoms with E-state index in [1.807, 2.05) is 5.32 Å². The standard InChI is InChI=1S/C15H18F4N2O5S/c16-11-3-1-10(2-4-11)13(15(17,18)19)20-12(14(22)23)9-27(24,25)21-5-7-26-8-6-21/h1-4,12-13,20H,5-9H2,(H,22,23)/t12?,13-/m1/s1. The van der Waals surface area contributed by atoms with Crippen LogP contribution < -0.4 is 5.32 Å². The highest BCUT2D eigenvalue weighted by Crippen LogP contribution is 2.33. The number of benzene rings is 1. The lowest BCUT2D eigenvalue weighted by atomic mass is 10.1. The second-order valence-electron chi connectivity index (χ2n) is 5.87. The molecular formula is C15H18F4N2O5S. The summed E-state index contributed by atoms with van der Waals surface area (Å²) >= 11 is 0. The predicted octanol–water partition coefficient (Wildman–Crippen LogP) is 1.13. The van der Waals surface area contributed by atoms with E-state index in [1.54, 1.807) is 0 Å². The first-order chi connectivity index (χ1) is 12.5. The first-order valence-electron chi connectivity index (χ1n) is 7.87. The minimum Gasteiger partial charge on any atom is -0.480 e. The molecule has 1 aromatic carbocycles. The van der Waals surface area contributed by atoms with Crippen molar-refractivity contribution < 1.29 is 40.6 Å². The van der Waals surface area contributed by atoms with Gasteiger partial charge in [-0.1, -0.05) is 12.1 Å². The minimum atomic E-state index is -4.92. The van der Waals surface area contributed by atoms with Gasteiger partial charge in [0.1, 0.15) is 17.9 Å². The second-order valence-corrected chi connectivity index (χ2v) is 7.89. The van der Waals surface area contributed by atoms with Crippen molar-refractivity contribution in [2.24, 2.45) is 0 Å². The molecule has 2 atom stereocenters. The quantitative estimate of drug-likeness (QED) is 0.650. The number of ether oxygens (including phenoxy) is 1. The maximum atomic E-state index is 13.4. The number of halogens is 4. The van der Waals surface area contributed by atoms with Gasteiger partial charge in [0.15, 0.2) is 0 Å². The number of hydrogen-bond acceptors (Lipinski definition) is 5. The molecule has 0 spiro atoms. The van der Waals surface area contributed by atoms with E-state index in [0.717, 1.165) is 28.6 Å². The number of nitrogens with zero attached hydrogens (tertiary/aromatic N) is 1. The highest BCUT2D eigenvalue weighted by atomic mass is 32.2. The Kier molecular flexibility index (Phi) is 6.78. The third kappa shape index (κ3) is 5.86. The van der Waals surface area contributed by atoms with Crippen LogP contribution in [0.15, 0.2) is 24.3 Å². The Balaban J connectivity index is 2.23. The van der Waals surface area contributed by atoms with Crippen LogP contribution in [0, 0.1) is 5.82 Å². The molecule has 1 heterocycles. The van der Waals surface area contributed by atoms with Crippen molar-refractivity contribution in [3.63, 3.8) is 0 Å². The lowest BCUT2D eigenvalue weighted by Crippen LogP contribution is -2.51. The van der Waals surface area contributed by atoms with E-state index < -0.39 is 51.4 Å². The van der Waals surface area contributed by atoms with Crippen molar-refractivity contribution in [2.75, 3.05) is 32.1 Å². The average molecular weight is 414 g/mol. The molecule has 1 saturated heterocycles. The predicted molar refractivity (Wildman–Crippen MR) is 85.9 cm³/mol. The fraction of sp³-hybridized carbons (Fsp3) is 0.533. The second kappa shape index (κ2) is 8.50. The number of morpholine rings is 1. The fourth-order valence-electron chi connectivity index (χ4n) is 2.57. The third-order valence-electron chi connectivity index (χ3n) is 3.94. The smallest absolute Gasteiger partial charge is 0.407 e. The Morgan fingerprint density at radius 3 is 2.26 bits per heavy atom. The Hall–Kier alpha value is -1.76. The molecule has 0 aliphatic carbocycles. The summed E-state index contributed by atoms with van der Waals surface area (Å²) in [5.74, 6) is -3.57. The zero-order chi connectivity index (χ0) is 20.2. The maximum Gasteiger partial charge on any atom is 0.407 e. The molecule has 0 amide bonds. The fourth-order valence-corrected chi connectivity index (χ4v) is 4.14. The van der Waals surface area contributed by atoms with Crippen LogP contribution in [0.4, 0.5) is 17.6 Å². The van der Waals surface area contributed by atoms with Gasteiger partial charge in [-0.3, -0.25) is 10.1 Å². The van der Waals surface area contributed by atoms with Gasteiger partial charge >= 0.3 is 12.1 Å². The minimum absolute atomic E-state index is 0.00463. The number of sulfonamides is 1. The summed E-state index contributed by atoms with van der Waals surface area (Å²) in [6.07, 6.45) is -4.92. The number of hydrogen-bond donors (Lipinski definition) is 2. The lowest BCUT2D eigenvalue weighted by molar-refractivity contribution is -0.162. The summed E-state index contributed by atoms with van der Waals surface area (Å²) in [4.78, 5) is 11.4. The van der Waals surface area contributed by atoms with Gasteiger partial charge in [0.25, 0.3) is 0 Å². The van der Waals surface area contributed by atoms with Crippen molar-refractivity contribution in [1.29, 1.82) is 0 Å². The van der Waals surface area contributed by atoms with Crippen molar-refractivity contribution >= 4 is 16.0 Å². The molecule has 2 N–H and O–H groups in total. The topological polar surface area (TPSA) is 95.9 Å². The third-order valence-corrected chi connectivity index (χ3v) is 5.84. The molecule has 1 fully saturated rings. The van der Waals surface area contributed by atoms with Crippen LogP contribution in [-0.2, 0) is 19.6 Å². The molecule has 0 bridgehead atoms. The van der Waals surface area contributed by atoms with Crippen molar-refractivity contribution in [3.8, 4) is 0 Å². The van der Waals surface area contributed by atoms with Crippen LogP contribution >= 0.6 is 0 Å². The Morgan fingerprint density at radius 1 is 1.22 bits per heavy atom. The molecule has 1 aromatic rings. The average Bonchev–Trinajstić information content (AvgIpc) is 2.59. The van der Waals surface area contributed by atoms with E-state index in [-0.39, 0.29) is 26.3 Å². The van der Waals surface area contributed by atoms with Gasteiger partial charge in [-0.15, -0.1) is 0 Å². The van der Waals surface area contributed by atoms with Gasteiger partial charge in [-0.05, 0) is 17.7 Å². The van der Waals surface area contributed by atoms with Gasteiger partial charge in [-0.2, -0.15) is 17.5 Å². The summed E-state index contributed by atoms with van der Waals surface area (Å²) in [6.45, 7) is 0.223. The van der Waals surface area contributed by atoms with Gasteiger partial charge in [0, 0.05) is 13.1 Å². The molecule has 27 heavy (non-hydrogen) atoms. The number of nitrogens with one attached hydrogen (secondary N) is 1. The van der Waals surface area contributed by atoms with Crippen LogP contribution in [-0.4, -0.2) is 68.1 Å². The molecular weight excluding hydrogens is 396 g/mol. The molecule has 7 nitrogen and oxygen atoms in total. The Morgan fingerprint density at radius 2 is 1.78 bits per heavy atom. The normalized spacial score (nSPS) is 18.8. The number of carboxylic acid groups (broad SMARTS) is 1. The van der Waals surface area contributed by atoms with E-state index in [0.29, 0.717) is 0 Å². The van der Waals surface area contributed by atoms with Crippen molar-refractivity contribution in [2.45, 2.75) is 18.3 Å². The van der Waals surface area contributed by atoms with Crippen LogP contribution in [0.25, 0.3) is 0 Å². The SMILES string of the molecule is O=C(O)C(CS(=O)(=O)N1CCOCC1)N[C@H](c1ccc(F)cc1)C(F)(F)F. The number of rotatable bonds is 7. The molecule has 152 valence electrons. The highest BCUT2D eigenvalue weighted by Gasteiger charge is 2.44.